The molecule has 152 valence electrons. The number of amides is 2. The maximum Gasteiger partial charge on any atom is 0.416 e. The standard InChI is InChI=1S/C19H22F3N3O3/c1-25(2)15-8-6-14(7-9-15)24-18(27)23-11-16(26)12-28-17-5-3-4-13(10-17)19(20,21)22/h3-10,16,26H,11-12H2,1-2H3,(H2,23,24,27). The number of carbonyl (C=O) groups excluding carboxylic acids is 1. The highest BCUT2D eigenvalue weighted by atomic mass is 19.4. The second-order valence-electron chi connectivity index (χ2n) is 6.27. The molecular formula is C19H22F3N3O3. The Morgan fingerprint density at radius 3 is 2.46 bits per heavy atom. The third-order valence-corrected chi connectivity index (χ3v) is 3.74. The number of anilines is 2. The van der Waals surface area contributed by atoms with Gasteiger partial charge in [-0.1, -0.05) is 6.07 Å². The SMILES string of the molecule is CN(C)c1ccc(NC(=O)NCC(O)COc2cccc(C(F)(F)F)c2)cc1. The van der Waals surface area contributed by atoms with Crippen LogP contribution in [0.1, 0.15) is 5.56 Å². The van der Waals surface area contributed by atoms with Gasteiger partial charge in [0.05, 0.1) is 5.56 Å². The van der Waals surface area contributed by atoms with Crippen molar-refractivity contribution in [2.45, 2.75) is 12.3 Å². The lowest BCUT2D eigenvalue weighted by Gasteiger charge is -2.15. The van der Waals surface area contributed by atoms with Gasteiger partial charge >= 0.3 is 12.2 Å². The van der Waals surface area contributed by atoms with E-state index >= 15 is 0 Å². The van der Waals surface area contributed by atoms with Crippen molar-refractivity contribution < 1.29 is 27.8 Å². The van der Waals surface area contributed by atoms with E-state index in [1.165, 1.54) is 12.1 Å². The lowest BCUT2D eigenvalue weighted by atomic mass is 10.2. The monoisotopic (exact) mass is 397 g/mol. The van der Waals surface area contributed by atoms with Crippen LogP contribution in [0.3, 0.4) is 0 Å². The summed E-state index contributed by atoms with van der Waals surface area (Å²) in [5.41, 5.74) is 0.725. The Bertz CT molecular complexity index is 780. The highest BCUT2D eigenvalue weighted by Gasteiger charge is 2.30. The van der Waals surface area contributed by atoms with Gasteiger partial charge < -0.3 is 25.4 Å². The molecule has 1 unspecified atom stereocenters. The second kappa shape index (κ2) is 9.32. The van der Waals surface area contributed by atoms with Crippen LogP contribution in [0.4, 0.5) is 29.3 Å². The van der Waals surface area contributed by atoms with Gasteiger partial charge in [0, 0.05) is 32.0 Å². The number of alkyl halides is 3. The number of nitrogens with one attached hydrogen (secondary N) is 2. The molecule has 0 saturated heterocycles. The van der Waals surface area contributed by atoms with E-state index in [1.807, 2.05) is 31.1 Å². The molecule has 0 aromatic heterocycles. The largest absolute Gasteiger partial charge is 0.491 e. The molecule has 28 heavy (non-hydrogen) atoms. The van der Waals surface area contributed by atoms with Gasteiger partial charge in [-0.2, -0.15) is 13.2 Å². The molecule has 0 bridgehead atoms. The van der Waals surface area contributed by atoms with Gasteiger partial charge in [-0.05, 0) is 42.5 Å². The van der Waals surface area contributed by atoms with Crippen molar-refractivity contribution >= 4 is 17.4 Å². The predicted octanol–water partition coefficient (Wildman–Crippen LogP) is 3.33. The van der Waals surface area contributed by atoms with Crippen molar-refractivity contribution in [2.24, 2.45) is 0 Å². The van der Waals surface area contributed by atoms with Crippen molar-refractivity contribution in [1.82, 2.24) is 5.32 Å². The molecule has 0 saturated carbocycles. The molecular weight excluding hydrogens is 375 g/mol. The van der Waals surface area contributed by atoms with Crippen LogP contribution >= 0.6 is 0 Å². The van der Waals surface area contributed by atoms with Gasteiger partial charge in [0.1, 0.15) is 18.5 Å². The van der Waals surface area contributed by atoms with E-state index in [-0.39, 0.29) is 18.9 Å². The number of hydrogen-bond donors (Lipinski definition) is 3. The summed E-state index contributed by atoms with van der Waals surface area (Å²) in [7, 11) is 3.80. The van der Waals surface area contributed by atoms with Crippen molar-refractivity contribution in [1.29, 1.82) is 0 Å². The normalized spacial score (nSPS) is 12.2. The summed E-state index contributed by atoms with van der Waals surface area (Å²) in [5.74, 6) is -0.0145. The predicted molar refractivity (Wildman–Crippen MR) is 101 cm³/mol. The Balaban J connectivity index is 1.76. The number of urea groups is 1. The van der Waals surface area contributed by atoms with Crippen LogP contribution in [0, 0.1) is 0 Å². The molecule has 0 aliphatic carbocycles. The van der Waals surface area contributed by atoms with Crippen LogP contribution in [0.5, 0.6) is 5.75 Å². The number of aliphatic hydroxyl groups excluding tert-OH is 1. The topological polar surface area (TPSA) is 73.8 Å². The number of halogens is 3. The van der Waals surface area contributed by atoms with Crippen molar-refractivity contribution in [2.75, 3.05) is 37.5 Å². The van der Waals surface area contributed by atoms with E-state index in [9.17, 15) is 23.1 Å². The Hall–Kier alpha value is -2.94. The zero-order valence-electron chi connectivity index (χ0n) is 15.5. The molecule has 0 radical (unpaired) electrons. The van der Waals surface area contributed by atoms with Crippen molar-refractivity contribution in [3.8, 4) is 5.75 Å². The van der Waals surface area contributed by atoms with Crippen LogP contribution in [-0.4, -0.2) is 44.5 Å². The second-order valence-corrected chi connectivity index (χ2v) is 6.27. The molecule has 3 N–H and O–H groups in total. The fourth-order valence-corrected chi connectivity index (χ4v) is 2.24. The summed E-state index contributed by atoms with van der Waals surface area (Å²) in [4.78, 5) is 13.8. The quantitative estimate of drug-likeness (QED) is 0.670. The molecule has 2 rings (SSSR count). The highest BCUT2D eigenvalue weighted by Crippen LogP contribution is 2.31. The number of carbonyl (C=O) groups is 1. The van der Waals surface area contributed by atoms with Gasteiger partial charge in [-0.3, -0.25) is 0 Å². The maximum absolute atomic E-state index is 12.7. The fraction of sp³-hybridized carbons (Fsp3) is 0.316. The van der Waals surface area contributed by atoms with Crippen molar-refractivity contribution in [3.05, 3.63) is 54.1 Å². The van der Waals surface area contributed by atoms with Crippen LogP contribution in [-0.2, 0) is 6.18 Å². The first kappa shape index (κ1) is 21.4. The minimum Gasteiger partial charge on any atom is -0.491 e. The third kappa shape index (κ3) is 6.66. The van der Waals surface area contributed by atoms with Crippen molar-refractivity contribution in [3.63, 3.8) is 0 Å². The third-order valence-electron chi connectivity index (χ3n) is 3.74. The number of aliphatic hydroxyl groups is 1. The number of nitrogens with zero attached hydrogens (tertiary/aromatic N) is 1. The lowest BCUT2D eigenvalue weighted by molar-refractivity contribution is -0.137. The molecule has 9 heteroatoms. The molecule has 0 aliphatic rings. The summed E-state index contributed by atoms with van der Waals surface area (Å²) >= 11 is 0. The zero-order chi connectivity index (χ0) is 20.7. The van der Waals surface area contributed by atoms with E-state index in [0.29, 0.717) is 5.69 Å². The molecule has 2 amide bonds. The average Bonchev–Trinajstić information content (AvgIpc) is 2.64. The smallest absolute Gasteiger partial charge is 0.416 e. The fourth-order valence-electron chi connectivity index (χ4n) is 2.24. The van der Waals surface area contributed by atoms with E-state index in [4.69, 9.17) is 4.74 Å². The van der Waals surface area contributed by atoms with E-state index in [2.05, 4.69) is 10.6 Å². The summed E-state index contributed by atoms with van der Waals surface area (Å²) in [6, 6.07) is 11.0. The number of benzene rings is 2. The number of ether oxygens (including phenoxy) is 1. The molecule has 0 aliphatic heterocycles. The zero-order valence-corrected chi connectivity index (χ0v) is 15.5. The highest BCUT2D eigenvalue weighted by molar-refractivity contribution is 5.89. The number of rotatable bonds is 7. The molecule has 0 heterocycles. The van der Waals surface area contributed by atoms with Crippen LogP contribution in [0.2, 0.25) is 0 Å². The average molecular weight is 397 g/mol. The molecule has 0 fully saturated rings. The Morgan fingerprint density at radius 2 is 1.86 bits per heavy atom. The van der Waals surface area contributed by atoms with Gasteiger partial charge in [-0.25, -0.2) is 4.79 Å². The van der Waals surface area contributed by atoms with Crippen LogP contribution < -0.4 is 20.3 Å². The van der Waals surface area contributed by atoms with E-state index in [0.717, 1.165) is 17.8 Å². The lowest BCUT2D eigenvalue weighted by Crippen LogP contribution is -2.37. The minimum atomic E-state index is -4.47. The molecule has 0 spiro atoms. The minimum absolute atomic E-state index is 0.0145. The molecule has 1 atom stereocenters. The summed E-state index contributed by atoms with van der Waals surface area (Å²) in [6.45, 7) is -0.389. The summed E-state index contributed by atoms with van der Waals surface area (Å²) < 4.78 is 43.1. The summed E-state index contributed by atoms with van der Waals surface area (Å²) in [5, 5.41) is 14.9. The van der Waals surface area contributed by atoms with Gasteiger partial charge in [0.15, 0.2) is 0 Å². The first-order chi connectivity index (χ1) is 13.1. The molecule has 2 aromatic rings. The van der Waals surface area contributed by atoms with Crippen LogP contribution in [0.25, 0.3) is 0 Å². The first-order valence-electron chi connectivity index (χ1n) is 8.45. The summed E-state index contributed by atoms with van der Waals surface area (Å²) in [6.07, 6.45) is -5.56. The van der Waals surface area contributed by atoms with E-state index in [1.54, 1.807) is 12.1 Å². The Morgan fingerprint density at radius 1 is 1.18 bits per heavy atom. The van der Waals surface area contributed by atoms with Gasteiger partial charge in [0.25, 0.3) is 0 Å². The molecule has 6 nitrogen and oxygen atoms in total. The first-order valence-corrected chi connectivity index (χ1v) is 8.45. The van der Waals surface area contributed by atoms with E-state index < -0.39 is 23.9 Å². The Kier molecular flexibility index (Phi) is 7.11. The maximum atomic E-state index is 12.7. The Labute approximate surface area is 160 Å². The number of hydrogen-bond acceptors (Lipinski definition) is 4. The van der Waals surface area contributed by atoms with Gasteiger partial charge in [-0.15, -0.1) is 0 Å². The van der Waals surface area contributed by atoms with Gasteiger partial charge in [0.2, 0.25) is 0 Å². The molecule has 2 aromatic carbocycles. The van der Waals surface area contributed by atoms with Crippen LogP contribution in [0.15, 0.2) is 48.5 Å².